The first-order valence-corrected chi connectivity index (χ1v) is 8.98. The van der Waals surface area contributed by atoms with E-state index in [0.717, 1.165) is 11.1 Å². The highest BCUT2D eigenvalue weighted by Gasteiger charge is 2.10. The van der Waals surface area contributed by atoms with Gasteiger partial charge in [-0.3, -0.25) is 0 Å². The Morgan fingerprint density at radius 2 is 1.34 bits per heavy atom. The van der Waals surface area contributed by atoms with Crippen LogP contribution in [0.25, 0.3) is 0 Å². The summed E-state index contributed by atoms with van der Waals surface area (Å²) in [6, 6.07) is 24.0. The molecule has 5 N–H and O–H groups in total. The Kier molecular flexibility index (Phi) is 6.67. The van der Waals surface area contributed by atoms with Gasteiger partial charge in [0, 0.05) is 11.8 Å². The van der Waals surface area contributed by atoms with Crippen LogP contribution in [-0.4, -0.2) is 12.0 Å². The molecule has 0 fully saturated rings. The largest absolute Gasteiger partial charge is 0.485 e. The topological polar surface area (TPSA) is 112 Å². The Morgan fingerprint density at radius 3 is 1.90 bits per heavy atom. The lowest BCUT2D eigenvalue weighted by molar-refractivity contribution is 0.255. The lowest BCUT2D eigenvalue weighted by atomic mass is 10.2. The number of rotatable bonds is 7. The fraction of sp³-hybridized carbons (Fsp3) is 0.0909. The number of nitrogens with zero attached hydrogens (tertiary/aromatic N) is 1. The van der Waals surface area contributed by atoms with Crippen LogP contribution >= 0.6 is 0 Å². The minimum atomic E-state index is -0.669. The summed E-state index contributed by atoms with van der Waals surface area (Å²) in [5, 5.41) is 2.59. The molecule has 7 nitrogen and oxygen atoms in total. The van der Waals surface area contributed by atoms with Crippen LogP contribution in [0.1, 0.15) is 11.1 Å². The van der Waals surface area contributed by atoms with Gasteiger partial charge in [-0.1, -0.05) is 60.7 Å². The van der Waals surface area contributed by atoms with E-state index in [-0.39, 0.29) is 5.96 Å². The number of carbonyl (C=O) groups excluding carboxylic acids is 1. The molecule has 0 aliphatic carbocycles. The molecule has 148 valence electrons. The molecule has 0 spiro atoms. The van der Waals surface area contributed by atoms with Gasteiger partial charge < -0.3 is 26.3 Å². The summed E-state index contributed by atoms with van der Waals surface area (Å²) in [6.07, 6.45) is 0. The smallest absolute Gasteiger partial charge is 0.348 e. The number of guanidine groups is 1. The van der Waals surface area contributed by atoms with E-state index in [4.69, 9.17) is 20.9 Å². The fourth-order valence-corrected chi connectivity index (χ4v) is 2.56. The summed E-state index contributed by atoms with van der Waals surface area (Å²) in [5.74, 6) is 0.739. The minimum Gasteiger partial charge on any atom is -0.485 e. The number of benzene rings is 3. The Morgan fingerprint density at radius 1 is 0.793 bits per heavy atom. The molecule has 0 heterocycles. The van der Waals surface area contributed by atoms with Crippen molar-refractivity contribution in [1.82, 2.24) is 0 Å². The lowest BCUT2D eigenvalue weighted by Crippen LogP contribution is -2.25. The molecule has 0 saturated carbocycles. The number of nitrogens with two attached hydrogens (primary N) is 2. The first-order valence-electron chi connectivity index (χ1n) is 8.98. The number of aliphatic imine (C=N–C) groups is 1. The molecule has 3 rings (SSSR count). The molecule has 0 atom stereocenters. The molecular weight excluding hydrogens is 368 g/mol. The number of hydrogen-bond acceptors (Lipinski definition) is 3. The van der Waals surface area contributed by atoms with Gasteiger partial charge in [-0.25, -0.2) is 4.79 Å². The van der Waals surface area contributed by atoms with Gasteiger partial charge >= 0.3 is 6.03 Å². The van der Waals surface area contributed by atoms with Crippen molar-refractivity contribution in [2.24, 2.45) is 16.5 Å². The second-order valence-electron chi connectivity index (χ2n) is 6.18. The maximum Gasteiger partial charge on any atom is 0.348 e. The second kappa shape index (κ2) is 9.80. The number of anilines is 1. The highest BCUT2D eigenvalue weighted by molar-refractivity contribution is 5.98. The van der Waals surface area contributed by atoms with Crippen molar-refractivity contribution in [3.05, 3.63) is 90.0 Å². The lowest BCUT2D eigenvalue weighted by Gasteiger charge is -2.14. The molecular formula is C22H22N4O3. The van der Waals surface area contributed by atoms with E-state index in [1.54, 1.807) is 18.2 Å². The van der Waals surface area contributed by atoms with Gasteiger partial charge in [-0.2, -0.15) is 4.99 Å². The molecule has 0 aliphatic heterocycles. The second-order valence-corrected chi connectivity index (χ2v) is 6.18. The van der Waals surface area contributed by atoms with Crippen LogP contribution in [0.15, 0.2) is 83.9 Å². The van der Waals surface area contributed by atoms with E-state index < -0.39 is 6.03 Å². The van der Waals surface area contributed by atoms with Crippen LogP contribution in [0.3, 0.4) is 0 Å². The molecule has 0 radical (unpaired) electrons. The average molecular weight is 390 g/mol. The Balaban J connectivity index is 1.77. The Bertz CT molecular complexity index is 972. The van der Waals surface area contributed by atoms with Gasteiger partial charge in [0.2, 0.25) is 0 Å². The minimum absolute atomic E-state index is 0.314. The molecule has 0 bridgehead atoms. The maximum absolute atomic E-state index is 11.8. The number of urea groups is 1. The molecule has 3 aromatic rings. The van der Waals surface area contributed by atoms with Gasteiger partial charge in [0.25, 0.3) is 0 Å². The van der Waals surface area contributed by atoms with Crippen LogP contribution in [0.4, 0.5) is 10.5 Å². The van der Waals surface area contributed by atoms with Gasteiger partial charge in [0.15, 0.2) is 17.5 Å². The molecule has 29 heavy (non-hydrogen) atoms. The standard InChI is InChI=1S/C22H22N4O3/c23-21(24)26-22(27)25-18-11-12-19(28-14-16-7-3-1-4-8-16)20(13-18)29-15-17-9-5-2-6-10-17/h1-13H,14-15H2,(H5,23,24,25,26,27). The van der Waals surface area contributed by atoms with Crippen molar-refractivity contribution in [3.8, 4) is 11.5 Å². The van der Waals surface area contributed by atoms with Crippen LogP contribution < -0.4 is 26.3 Å². The maximum atomic E-state index is 11.8. The zero-order valence-corrected chi connectivity index (χ0v) is 15.7. The third-order valence-corrected chi connectivity index (χ3v) is 3.90. The van der Waals surface area contributed by atoms with Crippen LogP contribution in [0.5, 0.6) is 11.5 Å². The van der Waals surface area contributed by atoms with Crippen molar-refractivity contribution in [1.29, 1.82) is 0 Å². The number of carbonyl (C=O) groups is 1. The quantitative estimate of drug-likeness (QED) is 0.421. The first kappa shape index (κ1) is 19.8. The molecule has 2 amide bonds. The third-order valence-electron chi connectivity index (χ3n) is 3.90. The van der Waals surface area contributed by atoms with Gasteiger partial charge in [0.05, 0.1) is 0 Å². The van der Waals surface area contributed by atoms with E-state index in [2.05, 4.69) is 10.3 Å². The summed E-state index contributed by atoms with van der Waals surface area (Å²) >= 11 is 0. The number of nitrogens with one attached hydrogen (secondary N) is 1. The summed E-state index contributed by atoms with van der Waals surface area (Å²) in [5.41, 5.74) is 13.0. The predicted octanol–water partition coefficient (Wildman–Crippen LogP) is 3.65. The monoisotopic (exact) mass is 390 g/mol. The van der Waals surface area contributed by atoms with Crippen molar-refractivity contribution in [3.63, 3.8) is 0 Å². The Labute approximate surface area is 169 Å². The van der Waals surface area contributed by atoms with Crippen molar-refractivity contribution in [2.45, 2.75) is 13.2 Å². The average Bonchev–Trinajstić information content (AvgIpc) is 2.72. The van der Waals surface area contributed by atoms with Crippen LogP contribution in [0, 0.1) is 0 Å². The normalized spacial score (nSPS) is 10.1. The van der Waals surface area contributed by atoms with Gasteiger partial charge in [-0.15, -0.1) is 0 Å². The van der Waals surface area contributed by atoms with E-state index >= 15 is 0 Å². The van der Waals surface area contributed by atoms with E-state index in [0.29, 0.717) is 30.4 Å². The number of hydrogen-bond donors (Lipinski definition) is 3. The number of amides is 2. The fourth-order valence-electron chi connectivity index (χ4n) is 2.56. The predicted molar refractivity (Wildman–Crippen MR) is 113 cm³/mol. The zero-order chi connectivity index (χ0) is 20.5. The summed E-state index contributed by atoms with van der Waals surface area (Å²) in [7, 11) is 0. The van der Waals surface area contributed by atoms with Crippen LogP contribution in [-0.2, 0) is 13.2 Å². The highest BCUT2D eigenvalue weighted by Crippen LogP contribution is 2.32. The molecule has 0 unspecified atom stereocenters. The first-order chi connectivity index (χ1) is 14.1. The molecule has 0 aliphatic rings. The molecule has 0 saturated heterocycles. The molecule has 7 heteroatoms. The van der Waals surface area contributed by atoms with Crippen LogP contribution in [0.2, 0.25) is 0 Å². The van der Waals surface area contributed by atoms with E-state index in [1.165, 1.54) is 0 Å². The summed E-state index contributed by atoms with van der Waals surface area (Å²) in [4.78, 5) is 15.2. The van der Waals surface area contributed by atoms with Gasteiger partial charge in [-0.05, 0) is 23.3 Å². The van der Waals surface area contributed by atoms with E-state index in [1.807, 2.05) is 60.7 Å². The van der Waals surface area contributed by atoms with Crippen molar-refractivity contribution < 1.29 is 14.3 Å². The van der Waals surface area contributed by atoms with E-state index in [9.17, 15) is 4.79 Å². The molecule has 0 aromatic heterocycles. The Hall–Kier alpha value is -4.00. The summed E-state index contributed by atoms with van der Waals surface area (Å²) in [6.45, 7) is 0.746. The SMILES string of the molecule is NC(N)=NC(=O)Nc1ccc(OCc2ccccc2)c(OCc2ccccc2)c1. The molecule has 3 aromatic carbocycles. The van der Waals surface area contributed by atoms with Crippen molar-refractivity contribution in [2.75, 3.05) is 5.32 Å². The third kappa shape index (κ3) is 6.28. The van der Waals surface area contributed by atoms with Crippen molar-refractivity contribution >= 4 is 17.7 Å². The van der Waals surface area contributed by atoms with Gasteiger partial charge in [0.1, 0.15) is 13.2 Å². The number of ether oxygens (including phenoxy) is 2. The summed E-state index contributed by atoms with van der Waals surface area (Å²) < 4.78 is 11.9. The zero-order valence-electron chi connectivity index (χ0n) is 15.7. The highest BCUT2D eigenvalue weighted by atomic mass is 16.5.